The fourth-order valence-electron chi connectivity index (χ4n) is 3.68. The molecule has 1 atom stereocenters. The van der Waals surface area contributed by atoms with E-state index in [0.29, 0.717) is 11.4 Å². The van der Waals surface area contributed by atoms with Crippen LogP contribution in [-0.4, -0.2) is 82.8 Å². The molecule has 2 saturated heterocycles. The molecule has 2 aromatic rings. The van der Waals surface area contributed by atoms with Crippen molar-refractivity contribution in [1.82, 2.24) is 20.0 Å². The normalized spacial score (nSPS) is 21.5. The van der Waals surface area contributed by atoms with Crippen LogP contribution >= 0.6 is 11.8 Å². The number of morpholine rings is 1. The molecule has 0 bridgehead atoms. The minimum atomic E-state index is -0.288. The van der Waals surface area contributed by atoms with Crippen LogP contribution in [0.3, 0.4) is 0 Å². The van der Waals surface area contributed by atoms with Gasteiger partial charge >= 0.3 is 0 Å². The van der Waals surface area contributed by atoms with E-state index in [1.54, 1.807) is 18.2 Å². The van der Waals surface area contributed by atoms with Gasteiger partial charge in [-0.3, -0.25) is 14.8 Å². The molecular weight excluding hydrogens is 379 g/mol. The summed E-state index contributed by atoms with van der Waals surface area (Å²) in [5, 5.41) is 7.15. The molecule has 3 heterocycles. The van der Waals surface area contributed by atoms with Crippen LogP contribution in [0.4, 0.5) is 4.39 Å². The summed E-state index contributed by atoms with van der Waals surface area (Å²) in [6.45, 7) is 4.99. The van der Waals surface area contributed by atoms with E-state index in [9.17, 15) is 9.18 Å². The summed E-state index contributed by atoms with van der Waals surface area (Å²) in [5.41, 5.74) is 1.92. The molecule has 6 nitrogen and oxygen atoms in total. The highest BCUT2D eigenvalue weighted by Gasteiger charge is 2.29. The minimum Gasteiger partial charge on any atom is -0.379 e. The molecule has 1 aromatic heterocycles. The summed E-state index contributed by atoms with van der Waals surface area (Å²) in [6, 6.07) is 8.08. The molecule has 0 spiro atoms. The van der Waals surface area contributed by atoms with Gasteiger partial charge in [0, 0.05) is 37.5 Å². The molecule has 2 aliphatic heterocycles. The zero-order valence-electron chi connectivity index (χ0n) is 15.8. The van der Waals surface area contributed by atoms with Crippen LogP contribution in [0.25, 0.3) is 11.3 Å². The number of hydrogen-bond donors (Lipinski definition) is 1. The molecule has 0 saturated carbocycles. The number of hydrogen-bond acceptors (Lipinski definition) is 5. The third-order valence-electron chi connectivity index (χ3n) is 5.22. The molecule has 8 heteroatoms. The van der Waals surface area contributed by atoms with Crippen LogP contribution in [0.5, 0.6) is 0 Å². The number of carbonyl (C=O) groups excluding carboxylic acids is 1. The average Bonchev–Trinajstić information content (AvgIpc) is 3.10. The van der Waals surface area contributed by atoms with Crippen molar-refractivity contribution in [2.45, 2.75) is 12.5 Å². The molecular formula is C20H25FN4O2S. The predicted octanol–water partition coefficient (Wildman–Crippen LogP) is 2.50. The van der Waals surface area contributed by atoms with Crippen molar-refractivity contribution in [3.63, 3.8) is 0 Å². The van der Waals surface area contributed by atoms with E-state index >= 15 is 0 Å². The number of ether oxygens (including phenoxy) is 1. The van der Waals surface area contributed by atoms with Crippen LogP contribution in [-0.2, 0) is 4.74 Å². The lowest BCUT2D eigenvalue weighted by Gasteiger charge is -2.35. The molecule has 1 N–H and O–H groups in total. The van der Waals surface area contributed by atoms with Gasteiger partial charge in [0.05, 0.1) is 24.9 Å². The van der Waals surface area contributed by atoms with Gasteiger partial charge in [0.1, 0.15) is 11.5 Å². The summed E-state index contributed by atoms with van der Waals surface area (Å²) < 4.78 is 18.6. The van der Waals surface area contributed by atoms with E-state index < -0.39 is 0 Å². The second-order valence-electron chi connectivity index (χ2n) is 7.17. The lowest BCUT2D eigenvalue weighted by Crippen LogP contribution is -2.50. The Morgan fingerprint density at radius 1 is 1.25 bits per heavy atom. The Balaban J connectivity index is 1.50. The van der Waals surface area contributed by atoms with Crippen molar-refractivity contribution in [2.24, 2.45) is 0 Å². The standard InChI is InChI=1S/C20H25FN4O2S/c21-16-4-2-15(3-5-16)18-12-19(23-22-18)20(26)25-6-1-11-28-14-17(25)13-24-7-9-27-10-8-24/h2-5,12,17H,1,6-11,13-14H2,(H,22,23). The number of amides is 1. The number of H-pyrrole nitrogens is 1. The first-order chi connectivity index (χ1) is 13.7. The van der Waals surface area contributed by atoms with E-state index in [1.165, 1.54) is 12.1 Å². The van der Waals surface area contributed by atoms with E-state index in [4.69, 9.17) is 4.74 Å². The van der Waals surface area contributed by atoms with Gasteiger partial charge in [0.25, 0.3) is 5.91 Å². The molecule has 1 amide bonds. The Labute approximate surface area is 168 Å². The van der Waals surface area contributed by atoms with Crippen LogP contribution < -0.4 is 0 Å². The molecule has 28 heavy (non-hydrogen) atoms. The molecule has 2 fully saturated rings. The lowest BCUT2D eigenvalue weighted by molar-refractivity contribution is 0.0244. The maximum absolute atomic E-state index is 13.2. The van der Waals surface area contributed by atoms with Crippen LogP contribution in [0.15, 0.2) is 30.3 Å². The molecule has 0 radical (unpaired) electrons. The predicted molar refractivity (Wildman–Crippen MR) is 108 cm³/mol. The van der Waals surface area contributed by atoms with Gasteiger partial charge in [-0.15, -0.1) is 0 Å². The summed E-state index contributed by atoms with van der Waals surface area (Å²) in [5.74, 6) is 1.72. The highest BCUT2D eigenvalue weighted by atomic mass is 32.2. The Hall–Kier alpha value is -1.90. The molecule has 0 aliphatic carbocycles. The van der Waals surface area contributed by atoms with Gasteiger partial charge in [-0.2, -0.15) is 16.9 Å². The monoisotopic (exact) mass is 404 g/mol. The van der Waals surface area contributed by atoms with Gasteiger partial charge < -0.3 is 9.64 Å². The van der Waals surface area contributed by atoms with Crippen molar-refractivity contribution in [2.75, 3.05) is 50.9 Å². The van der Waals surface area contributed by atoms with Gasteiger partial charge in [-0.25, -0.2) is 4.39 Å². The second-order valence-corrected chi connectivity index (χ2v) is 8.32. The Bertz CT molecular complexity index is 792. The molecule has 150 valence electrons. The third kappa shape index (κ3) is 4.56. The number of nitrogens with one attached hydrogen (secondary N) is 1. The van der Waals surface area contributed by atoms with E-state index in [1.807, 2.05) is 16.7 Å². The summed E-state index contributed by atoms with van der Waals surface area (Å²) in [4.78, 5) is 17.6. The number of carbonyl (C=O) groups is 1. The topological polar surface area (TPSA) is 61.5 Å². The Morgan fingerprint density at radius 2 is 2.04 bits per heavy atom. The molecule has 1 unspecified atom stereocenters. The van der Waals surface area contributed by atoms with Gasteiger partial charge in [-0.05, 0) is 42.5 Å². The van der Waals surface area contributed by atoms with E-state index in [2.05, 4.69) is 15.1 Å². The first kappa shape index (κ1) is 19.4. The van der Waals surface area contributed by atoms with Crippen LogP contribution in [0, 0.1) is 5.82 Å². The van der Waals surface area contributed by atoms with Crippen LogP contribution in [0.1, 0.15) is 16.9 Å². The van der Waals surface area contributed by atoms with Gasteiger partial charge in [0.15, 0.2) is 0 Å². The number of rotatable bonds is 4. The minimum absolute atomic E-state index is 0.0124. The maximum atomic E-state index is 13.2. The van der Waals surface area contributed by atoms with Gasteiger partial charge in [0.2, 0.25) is 0 Å². The van der Waals surface area contributed by atoms with Crippen LogP contribution in [0.2, 0.25) is 0 Å². The first-order valence-electron chi connectivity index (χ1n) is 9.71. The number of thioether (sulfide) groups is 1. The quantitative estimate of drug-likeness (QED) is 0.848. The smallest absolute Gasteiger partial charge is 0.272 e. The average molecular weight is 405 g/mol. The van der Waals surface area contributed by atoms with Crippen molar-refractivity contribution in [1.29, 1.82) is 0 Å². The molecule has 1 aromatic carbocycles. The van der Waals surface area contributed by atoms with Crippen molar-refractivity contribution in [3.05, 3.63) is 41.8 Å². The highest BCUT2D eigenvalue weighted by Crippen LogP contribution is 2.22. The molecule has 2 aliphatic rings. The fraction of sp³-hybridized carbons (Fsp3) is 0.500. The Morgan fingerprint density at radius 3 is 2.82 bits per heavy atom. The number of benzene rings is 1. The Kier molecular flexibility index (Phi) is 6.29. The summed E-state index contributed by atoms with van der Waals surface area (Å²) >= 11 is 1.92. The van der Waals surface area contributed by atoms with E-state index in [0.717, 1.165) is 62.9 Å². The fourth-order valence-corrected chi connectivity index (χ4v) is 4.74. The van der Waals surface area contributed by atoms with E-state index in [-0.39, 0.29) is 17.8 Å². The lowest BCUT2D eigenvalue weighted by atomic mass is 10.1. The number of aromatic nitrogens is 2. The zero-order valence-corrected chi connectivity index (χ0v) is 16.6. The largest absolute Gasteiger partial charge is 0.379 e. The van der Waals surface area contributed by atoms with Crippen molar-refractivity contribution >= 4 is 17.7 Å². The number of nitrogens with zero attached hydrogens (tertiary/aromatic N) is 3. The van der Waals surface area contributed by atoms with Gasteiger partial charge in [-0.1, -0.05) is 0 Å². The summed E-state index contributed by atoms with van der Waals surface area (Å²) in [7, 11) is 0. The highest BCUT2D eigenvalue weighted by molar-refractivity contribution is 7.99. The number of halogens is 1. The molecule has 4 rings (SSSR count). The first-order valence-corrected chi connectivity index (χ1v) is 10.9. The second kappa shape index (κ2) is 9.07. The third-order valence-corrected chi connectivity index (χ3v) is 6.42. The number of aromatic amines is 1. The van der Waals surface area contributed by atoms with Crippen molar-refractivity contribution < 1.29 is 13.9 Å². The van der Waals surface area contributed by atoms with Crippen molar-refractivity contribution in [3.8, 4) is 11.3 Å². The SMILES string of the molecule is O=C(c1cc(-c2ccc(F)cc2)n[nH]1)N1CCCSCC1CN1CCOCC1. The zero-order chi connectivity index (χ0) is 19.3. The summed E-state index contributed by atoms with van der Waals surface area (Å²) in [6.07, 6.45) is 0.995. The maximum Gasteiger partial charge on any atom is 0.272 e.